The SMILES string of the molecule is CCN(CC)c1nc2c(cc1CNc1ncc(OCCSC)cn1)c(C)nn2C. The summed E-state index contributed by atoms with van der Waals surface area (Å²) in [6, 6.07) is 2.17. The highest BCUT2D eigenvalue weighted by Crippen LogP contribution is 2.26. The van der Waals surface area contributed by atoms with Crippen molar-refractivity contribution in [2.75, 3.05) is 41.9 Å². The van der Waals surface area contributed by atoms with Crippen LogP contribution in [0.4, 0.5) is 11.8 Å². The minimum Gasteiger partial charge on any atom is -0.489 e. The number of fused-ring (bicyclic) bond motifs is 1. The molecule has 0 radical (unpaired) electrons. The van der Waals surface area contributed by atoms with Gasteiger partial charge in [-0.1, -0.05) is 0 Å². The summed E-state index contributed by atoms with van der Waals surface area (Å²) in [5.41, 5.74) is 2.97. The first-order chi connectivity index (χ1) is 14.1. The fourth-order valence-electron chi connectivity index (χ4n) is 3.20. The average molecular weight is 416 g/mol. The maximum absolute atomic E-state index is 5.61. The molecule has 0 aliphatic carbocycles. The lowest BCUT2D eigenvalue weighted by molar-refractivity contribution is 0.341. The molecule has 29 heavy (non-hydrogen) atoms. The van der Waals surface area contributed by atoms with Gasteiger partial charge in [-0.15, -0.1) is 0 Å². The Labute approximate surface area is 176 Å². The second-order valence-electron chi connectivity index (χ2n) is 6.66. The molecule has 0 aromatic carbocycles. The Morgan fingerprint density at radius 1 is 1.21 bits per heavy atom. The van der Waals surface area contributed by atoms with E-state index in [1.807, 2.05) is 18.7 Å². The molecule has 0 atom stereocenters. The number of nitrogens with one attached hydrogen (secondary N) is 1. The van der Waals surface area contributed by atoms with E-state index in [1.54, 1.807) is 24.2 Å². The van der Waals surface area contributed by atoms with Crippen LogP contribution in [0.25, 0.3) is 11.0 Å². The van der Waals surface area contributed by atoms with E-state index >= 15 is 0 Å². The normalized spacial score (nSPS) is 11.1. The van der Waals surface area contributed by atoms with Gasteiger partial charge < -0.3 is 15.0 Å². The molecule has 0 amide bonds. The summed E-state index contributed by atoms with van der Waals surface area (Å²) in [6.45, 7) is 9.29. The van der Waals surface area contributed by atoms with Gasteiger partial charge in [-0.2, -0.15) is 16.9 Å². The molecule has 9 heteroatoms. The van der Waals surface area contributed by atoms with Crippen molar-refractivity contribution < 1.29 is 4.74 Å². The smallest absolute Gasteiger partial charge is 0.223 e. The zero-order chi connectivity index (χ0) is 20.8. The molecular formula is C20H29N7OS. The Morgan fingerprint density at radius 3 is 2.59 bits per heavy atom. The lowest BCUT2D eigenvalue weighted by atomic mass is 10.1. The van der Waals surface area contributed by atoms with Gasteiger partial charge in [0.1, 0.15) is 5.82 Å². The van der Waals surface area contributed by atoms with Crippen molar-refractivity contribution in [3.05, 3.63) is 29.7 Å². The Bertz CT molecular complexity index is 938. The lowest BCUT2D eigenvalue weighted by Gasteiger charge is -2.23. The van der Waals surface area contributed by atoms with E-state index in [-0.39, 0.29) is 0 Å². The molecule has 3 rings (SSSR count). The van der Waals surface area contributed by atoms with Crippen molar-refractivity contribution in [2.24, 2.45) is 7.05 Å². The number of hydrogen-bond donors (Lipinski definition) is 1. The van der Waals surface area contributed by atoms with E-state index in [2.05, 4.69) is 51.5 Å². The molecule has 0 saturated carbocycles. The molecule has 156 valence electrons. The summed E-state index contributed by atoms with van der Waals surface area (Å²) in [4.78, 5) is 15.9. The third-order valence-electron chi connectivity index (χ3n) is 4.74. The third kappa shape index (κ3) is 4.90. The van der Waals surface area contributed by atoms with E-state index in [1.165, 1.54) is 0 Å². The van der Waals surface area contributed by atoms with Crippen molar-refractivity contribution >= 4 is 34.6 Å². The number of anilines is 2. The number of ether oxygens (including phenoxy) is 1. The van der Waals surface area contributed by atoms with Gasteiger partial charge in [0.25, 0.3) is 0 Å². The minimum absolute atomic E-state index is 0.565. The summed E-state index contributed by atoms with van der Waals surface area (Å²) < 4.78 is 7.45. The van der Waals surface area contributed by atoms with Crippen molar-refractivity contribution in [1.29, 1.82) is 0 Å². The topological polar surface area (TPSA) is 81.0 Å². The number of nitrogens with zero attached hydrogens (tertiary/aromatic N) is 6. The number of pyridine rings is 1. The van der Waals surface area contributed by atoms with E-state index in [0.29, 0.717) is 24.8 Å². The van der Waals surface area contributed by atoms with Crippen LogP contribution in [-0.4, -0.2) is 56.4 Å². The number of aromatic nitrogens is 5. The van der Waals surface area contributed by atoms with Crippen molar-refractivity contribution in [2.45, 2.75) is 27.3 Å². The lowest BCUT2D eigenvalue weighted by Crippen LogP contribution is -2.25. The molecule has 3 heterocycles. The predicted molar refractivity (Wildman–Crippen MR) is 120 cm³/mol. The number of rotatable bonds is 10. The van der Waals surface area contributed by atoms with Gasteiger partial charge >= 0.3 is 0 Å². The Morgan fingerprint density at radius 2 is 1.93 bits per heavy atom. The van der Waals surface area contributed by atoms with E-state index in [0.717, 1.165) is 47.0 Å². The monoisotopic (exact) mass is 415 g/mol. The van der Waals surface area contributed by atoms with Crippen LogP contribution in [0.2, 0.25) is 0 Å². The molecule has 3 aromatic heterocycles. The fourth-order valence-corrected chi connectivity index (χ4v) is 3.45. The fraction of sp³-hybridized carbons (Fsp3) is 0.500. The molecule has 0 aliphatic heterocycles. The molecule has 0 aliphatic rings. The largest absolute Gasteiger partial charge is 0.489 e. The highest BCUT2D eigenvalue weighted by atomic mass is 32.2. The van der Waals surface area contributed by atoms with Crippen LogP contribution in [0.1, 0.15) is 25.1 Å². The first-order valence-corrected chi connectivity index (χ1v) is 11.2. The molecule has 0 bridgehead atoms. The van der Waals surface area contributed by atoms with Gasteiger partial charge in [0.15, 0.2) is 11.4 Å². The highest BCUT2D eigenvalue weighted by molar-refractivity contribution is 7.98. The van der Waals surface area contributed by atoms with Crippen molar-refractivity contribution in [3.8, 4) is 5.75 Å². The van der Waals surface area contributed by atoms with Crippen LogP contribution in [0.5, 0.6) is 5.75 Å². The quantitative estimate of drug-likeness (QED) is 0.505. The van der Waals surface area contributed by atoms with Crippen molar-refractivity contribution in [3.63, 3.8) is 0 Å². The van der Waals surface area contributed by atoms with Crippen LogP contribution in [-0.2, 0) is 13.6 Å². The van der Waals surface area contributed by atoms with E-state index in [9.17, 15) is 0 Å². The van der Waals surface area contributed by atoms with Gasteiger partial charge in [-0.25, -0.2) is 15.0 Å². The summed E-state index contributed by atoms with van der Waals surface area (Å²) in [5.74, 6) is 3.16. The summed E-state index contributed by atoms with van der Waals surface area (Å²) in [5, 5.41) is 8.90. The molecule has 0 unspecified atom stereocenters. The number of hydrogen-bond acceptors (Lipinski definition) is 8. The molecule has 8 nitrogen and oxygen atoms in total. The maximum atomic E-state index is 5.61. The standard InChI is InChI=1S/C20H29N7OS/c1-6-27(7-2)18-15(10-17-14(3)25-26(4)19(17)24-18)11-21-20-22-12-16(13-23-20)28-8-9-29-5/h10,12-13H,6-9,11H2,1-5H3,(H,21,22,23). The van der Waals surface area contributed by atoms with E-state index in [4.69, 9.17) is 9.72 Å². The molecule has 0 saturated heterocycles. The van der Waals surface area contributed by atoms with Crippen LogP contribution >= 0.6 is 11.8 Å². The summed E-state index contributed by atoms with van der Waals surface area (Å²) >= 11 is 1.75. The first kappa shape index (κ1) is 21.2. The zero-order valence-corrected chi connectivity index (χ0v) is 18.6. The van der Waals surface area contributed by atoms with Gasteiger partial charge in [-0.05, 0) is 33.1 Å². The van der Waals surface area contributed by atoms with Gasteiger partial charge in [0.2, 0.25) is 5.95 Å². The zero-order valence-electron chi connectivity index (χ0n) is 17.8. The third-order valence-corrected chi connectivity index (χ3v) is 5.31. The number of aryl methyl sites for hydroxylation is 2. The second kappa shape index (κ2) is 9.78. The van der Waals surface area contributed by atoms with Crippen LogP contribution in [0, 0.1) is 6.92 Å². The van der Waals surface area contributed by atoms with Crippen LogP contribution in [0.3, 0.4) is 0 Å². The second-order valence-corrected chi connectivity index (χ2v) is 7.65. The average Bonchev–Trinajstić information content (AvgIpc) is 3.01. The summed E-state index contributed by atoms with van der Waals surface area (Å²) in [7, 11) is 1.93. The molecule has 0 spiro atoms. The Kier molecular flexibility index (Phi) is 7.13. The van der Waals surface area contributed by atoms with Crippen molar-refractivity contribution in [1.82, 2.24) is 24.7 Å². The Balaban J connectivity index is 1.81. The maximum Gasteiger partial charge on any atom is 0.223 e. The number of thioether (sulfide) groups is 1. The molecule has 1 N–H and O–H groups in total. The Hall–Kier alpha value is -2.55. The minimum atomic E-state index is 0.565. The van der Waals surface area contributed by atoms with Gasteiger partial charge in [-0.3, -0.25) is 4.68 Å². The first-order valence-electron chi connectivity index (χ1n) is 9.83. The molecule has 0 fully saturated rings. The predicted octanol–water partition coefficient (Wildman–Crippen LogP) is 3.27. The molecule has 3 aromatic rings. The van der Waals surface area contributed by atoms with Crippen LogP contribution in [0.15, 0.2) is 18.5 Å². The highest BCUT2D eigenvalue weighted by Gasteiger charge is 2.16. The van der Waals surface area contributed by atoms with Gasteiger partial charge in [0.05, 0.1) is 24.7 Å². The van der Waals surface area contributed by atoms with Crippen LogP contribution < -0.4 is 15.0 Å². The summed E-state index contributed by atoms with van der Waals surface area (Å²) in [6.07, 6.45) is 5.46. The van der Waals surface area contributed by atoms with Gasteiger partial charge in [0, 0.05) is 43.4 Å². The van der Waals surface area contributed by atoms with E-state index < -0.39 is 0 Å². The molecular weight excluding hydrogens is 386 g/mol.